The van der Waals surface area contributed by atoms with Crippen molar-refractivity contribution < 1.29 is 14.3 Å². The van der Waals surface area contributed by atoms with Gasteiger partial charge in [-0.25, -0.2) is 0 Å². The molecule has 1 N–H and O–H groups in total. The van der Waals surface area contributed by atoms with E-state index in [0.717, 1.165) is 11.1 Å². The lowest BCUT2D eigenvalue weighted by Crippen LogP contribution is -2.31. The molecule has 2 aromatic rings. The number of amides is 1. The second kappa shape index (κ2) is 10.2. The van der Waals surface area contributed by atoms with Crippen molar-refractivity contribution in [2.24, 2.45) is 0 Å². The van der Waals surface area contributed by atoms with Gasteiger partial charge < -0.3 is 10.1 Å². The summed E-state index contributed by atoms with van der Waals surface area (Å²) in [6.45, 7) is 5.65. The number of rotatable bonds is 7. The molecule has 0 radical (unpaired) electrons. The first-order valence-electron chi connectivity index (χ1n) is 9.82. The van der Waals surface area contributed by atoms with Crippen LogP contribution < -0.4 is 5.32 Å². The number of aryl methyl sites for hydroxylation is 1. The second-order valence-corrected chi connectivity index (χ2v) is 10.1. The third kappa shape index (κ3) is 6.28. The van der Waals surface area contributed by atoms with Gasteiger partial charge in [-0.3, -0.25) is 9.59 Å². The van der Waals surface area contributed by atoms with Crippen molar-refractivity contribution >= 4 is 35.4 Å². The number of hydrogen-bond donors (Lipinski definition) is 1. The summed E-state index contributed by atoms with van der Waals surface area (Å²) in [6.07, 6.45) is -0.0869. The summed E-state index contributed by atoms with van der Waals surface area (Å²) in [5.41, 5.74) is 3.85. The number of thioether (sulfide) groups is 2. The van der Waals surface area contributed by atoms with Crippen molar-refractivity contribution in [2.75, 3.05) is 11.5 Å². The molecular weight excluding hydrogens is 402 g/mol. The minimum atomic E-state index is -0.435. The molecule has 1 atom stereocenters. The Balaban J connectivity index is 1.72. The molecule has 3 rings (SSSR count). The van der Waals surface area contributed by atoms with Crippen molar-refractivity contribution in [3.63, 3.8) is 0 Å². The fourth-order valence-electron chi connectivity index (χ4n) is 3.11. The summed E-state index contributed by atoms with van der Waals surface area (Å²) < 4.78 is 5.75. The average Bonchev–Trinajstić information content (AvgIpc) is 3.22. The quantitative estimate of drug-likeness (QED) is 0.606. The van der Waals surface area contributed by atoms with E-state index in [9.17, 15) is 9.59 Å². The Bertz CT molecular complexity index is 828. The highest BCUT2D eigenvalue weighted by Crippen LogP contribution is 2.45. The summed E-state index contributed by atoms with van der Waals surface area (Å²) in [5.74, 6) is 1.83. The maximum atomic E-state index is 12.9. The van der Waals surface area contributed by atoms with Crippen LogP contribution >= 0.6 is 23.5 Å². The van der Waals surface area contributed by atoms with Gasteiger partial charge in [0.1, 0.15) is 0 Å². The van der Waals surface area contributed by atoms with E-state index in [1.807, 2.05) is 92.8 Å². The fraction of sp³-hybridized carbons (Fsp3) is 0.391. The van der Waals surface area contributed by atoms with Crippen LogP contribution in [0.2, 0.25) is 0 Å². The number of carbonyl (C=O) groups is 2. The number of nitrogens with one attached hydrogen (secondary N) is 1. The van der Waals surface area contributed by atoms with Crippen LogP contribution in [0.1, 0.15) is 57.9 Å². The van der Waals surface area contributed by atoms with Gasteiger partial charge in [-0.05, 0) is 44.0 Å². The van der Waals surface area contributed by atoms with Gasteiger partial charge in [-0.2, -0.15) is 0 Å². The largest absolute Gasteiger partial charge is 0.463 e. The monoisotopic (exact) mass is 429 g/mol. The van der Waals surface area contributed by atoms with E-state index in [4.69, 9.17) is 4.74 Å². The van der Waals surface area contributed by atoms with Crippen molar-refractivity contribution in [1.29, 1.82) is 0 Å². The second-order valence-electron chi connectivity index (χ2n) is 7.37. The molecule has 154 valence electrons. The number of carbonyl (C=O) groups excluding carboxylic acids is 2. The molecule has 1 heterocycles. The number of esters is 1. The molecule has 29 heavy (non-hydrogen) atoms. The van der Waals surface area contributed by atoms with E-state index < -0.39 is 6.04 Å². The molecule has 1 aliphatic heterocycles. The van der Waals surface area contributed by atoms with E-state index in [0.29, 0.717) is 10.1 Å². The van der Waals surface area contributed by atoms with Crippen LogP contribution in [0, 0.1) is 6.92 Å². The minimum absolute atomic E-state index is 0.0976. The number of benzene rings is 2. The fourth-order valence-corrected chi connectivity index (χ4v) is 5.97. The molecule has 1 saturated heterocycles. The summed E-state index contributed by atoms with van der Waals surface area (Å²) in [5, 5.41) is 3.01. The van der Waals surface area contributed by atoms with E-state index in [2.05, 4.69) is 5.32 Å². The lowest BCUT2D eigenvalue weighted by atomic mass is 10.0. The Hall–Kier alpha value is -1.92. The van der Waals surface area contributed by atoms with Gasteiger partial charge in [0.15, 0.2) is 0 Å². The molecule has 4 nitrogen and oxygen atoms in total. The predicted molar refractivity (Wildman–Crippen MR) is 121 cm³/mol. The number of hydrogen-bond acceptors (Lipinski definition) is 5. The van der Waals surface area contributed by atoms with Gasteiger partial charge in [0.25, 0.3) is 5.91 Å². The van der Waals surface area contributed by atoms with Crippen LogP contribution in [0.15, 0.2) is 48.5 Å². The molecule has 1 fully saturated rings. The topological polar surface area (TPSA) is 55.4 Å². The van der Waals surface area contributed by atoms with Gasteiger partial charge in [0.2, 0.25) is 0 Å². The van der Waals surface area contributed by atoms with Crippen molar-refractivity contribution in [2.45, 2.75) is 43.9 Å². The normalized spacial score (nSPS) is 15.3. The van der Waals surface area contributed by atoms with Crippen LogP contribution in [0.4, 0.5) is 0 Å². The summed E-state index contributed by atoms with van der Waals surface area (Å²) >= 11 is 3.88. The van der Waals surface area contributed by atoms with Crippen LogP contribution in [0.25, 0.3) is 0 Å². The average molecular weight is 430 g/mol. The van der Waals surface area contributed by atoms with E-state index >= 15 is 0 Å². The first-order valence-corrected chi connectivity index (χ1v) is 11.9. The molecular formula is C23H27NO3S2. The van der Waals surface area contributed by atoms with Crippen molar-refractivity contribution in [1.82, 2.24) is 5.32 Å². The maximum Gasteiger partial charge on any atom is 0.308 e. The van der Waals surface area contributed by atoms with E-state index in [1.54, 1.807) is 0 Å². The molecule has 1 amide bonds. The maximum absolute atomic E-state index is 12.9. The third-order valence-corrected chi connectivity index (χ3v) is 7.69. The van der Waals surface area contributed by atoms with Gasteiger partial charge in [0.05, 0.1) is 23.1 Å². The SMILES string of the molecule is Cc1ccc(C(CC(=O)OC(C)C)NC(=O)c2ccc(C3SCCS3)cc2)cc1. The molecule has 0 saturated carbocycles. The van der Waals surface area contributed by atoms with Crippen LogP contribution in [-0.2, 0) is 9.53 Å². The third-order valence-electron chi connectivity index (χ3n) is 4.59. The Morgan fingerprint density at radius 1 is 1.03 bits per heavy atom. The van der Waals surface area contributed by atoms with E-state index in [-0.39, 0.29) is 24.4 Å². The highest BCUT2D eigenvalue weighted by Gasteiger charge is 2.22. The summed E-state index contributed by atoms with van der Waals surface area (Å²) in [4.78, 5) is 25.1. The van der Waals surface area contributed by atoms with Crippen LogP contribution in [0.5, 0.6) is 0 Å². The van der Waals surface area contributed by atoms with E-state index in [1.165, 1.54) is 17.1 Å². The molecule has 2 aromatic carbocycles. The first-order chi connectivity index (χ1) is 13.9. The molecule has 0 aromatic heterocycles. The van der Waals surface area contributed by atoms with Crippen molar-refractivity contribution in [3.8, 4) is 0 Å². The standard InChI is InChI=1S/C23H27NO3S2/c1-15(2)27-21(25)14-20(17-6-4-16(3)5-7-17)24-22(26)18-8-10-19(11-9-18)23-28-12-13-29-23/h4-11,15,20,23H,12-14H2,1-3H3,(H,24,26). The molecule has 6 heteroatoms. The first kappa shape index (κ1) is 21.8. The molecule has 0 spiro atoms. The summed E-state index contributed by atoms with van der Waals surface area (Å²) in [6, 6.07) is 15.2. The molecule has 1 unspecified atom stereocenters. The van der Waals surface area contributed by atoms with Crippen molar-refractivity contribution in [3.05, 3.63) is 70.8 Å². The van der Waals surface area contributed by atoms with Crippen LogP contribution in [0.3, 0.4) is 0 Å². The molecule has 1 aliphatic rings. The summed E-state index contributed by atoms with van der Waals surface area (Å²) in [7, 11) is 0. The highest BCUT2D eigenvalue weighted by molar-refractivity contribution is 8.19. The van der Waals surface area contributed by atoms with Gasteiger partial charge >= 0.3 is 5.97 Å². The smallest absolute Gasteiger partial charge is 0.308 e. The van der Waals surface area contributed by atoms with Crippen LogP contribution in [-0.4, -0.2) is 29.5 Å². The predicted octanol–water partition coefficient (Wildman–Crippen LogP) is 5.29. The van der Waals surface area contributed by atoms with Gasteiger partial charge in [-0.15, -0.1) is 23.5 Å². The lowest BCUT2D eigenvalue weighted by Gasteiger charge is -2.20. The highest BCUT2D eigenvalue weighted by atomic mass is 32.2. The Kier molecular flexibility index (Phi) is 7.67. The molecule has 0 aliphatic carbocycles. The zero-order chi connectivity index (χ0) is 20.8. The Labute approximate surface area is 181 Å². The molecule has 0 bridgehead atoms. The Morgan fingerprint density at radius 2 is 1.66 bits per heavy atom. The zero-order valence-electron chi connectivity index (χ0n) is 17.0. The van der Waals surface area contributed by atoms with Gasteiger partial charge in [-0.1, -0.05) is 42.0 Å². The Morgan fingerprint density at radius 3 is 2.24 bits per heavy atom. The minimum Gasteiger partial charge on any atom is -0.463 e. The lowest BCUT2D eigenvalue weighted by molar-refractivity contribution is -0.147. The zero-order valence-corrected chi connectivity index (χ0v) is 18.6. The van der Waals surface area contributed by atoms with Gasteiger partial charge in [0, 0.05) is 17.1 Å². The number of ether oxygens (including phenoxy) is 1.